The molecule has 0 aromatic heterocycles. The van der Waals surface area contributed by atoms with Gasteiger partial charge in [-0.25, -0.2) is 0 Å². The predicted octanol–water partition coefficient (Wildman–Crippen LogP) is 2.58. The Kier molecular flexibility index (Phi) is 4.19. The van der Waals surface area contributed by atoms with Gasteiger partial charge in [0.15, 0.2) is 11.5 Å². The second-order valence-corrected chi connectivity index (χ2v) is 5.36. The maximum absolute atomic E-state index is 11.0. The Balaban J connectivity index is 2.45. The number of carboxylic acid groups (broad SMARTS) is 1. The van der Waals surface area contributed by atoms with E-state index in [2.05, 4.69) is 15.9 Å². The fourth-order valence-corrected chi connectivity index (χ4v) is 2.36. The van der Waals surface area contributed by atoms with Crippen LogP contribution < -0.4 is 9.47 Å². The van der Waals surface area contributed by atoms with Gasteiger partial charge in [-0.15, -0.1) is 0 Å². The number of ether oxygens (including phenoxy) is 2. The minimum absolute atomic E-state index is 0.0114. The van der Waals surface area contributed by atoms with Crippen molar-refractivity contribution >= 4 is 21.9 Å². The number of fused-ring (bicyclic) bond motifs is 1. The SMILES string of the molecule is CC(Cc1c(O)c(Br)cc2c1OCCCO2)C(=O)O. The third-order valence-corrected chi connectivity index (χ3v) is 3.60. The van der Waals surface area contributed by atoms with Crippen LogP contribution >= 0.6 is 15.9 Å². The zero-order valence-electron chi connectivity index (χ0n) is 10.5. The van der Waals surface area contributed by atoms with E-state index in [0.717, 1.165) is 6.42 Å². The average molecular weight is 331 g/mol. The highest BCUT2D eigenvalue weighted by molar-refractivity contribution is 9.10. The van der Waals surface area contributed by atoms with Gasteiger partial charge in [0, 0.05) is 18.1 Å². The molecule has 1 atom stereocenters. The van der Waals surface area contributed by atoms with Crippen LogP contribution in [0.1, 0.15) is 18.9 Å². The van der Waals surface area contributed by atoms with E-state index in [1.54, 1.807) is 13.0 Å². The highest BCUT2D eigenvalue weighted by Crippen LogP contribution is 2.44. The molecule has 19 heavy (non-hydrogen) atoms. The van der Waals surface area contributed by atoms with Crippen LogP contribution in [0, 0.1) is 5.92 Å². The lowest BCUT2D eigenvalue weighted by atomic mass is 9.99. The van der Waals surface area contributed by atoms with Crippen LogP contribution in [0.2, 0.25) is 0 Å². The summed E-state index contributed by atoms with van der Waals surface area (Å²) in [6, 6.07) is 1.64. The molecular weight excluding hydrogens is 316 g/mol. The highest BCUT2D eigenvalue weighted by Gasteiger charge is 2.24. The van der Waals surface area contributed by atoms with Gasteiger partial charge in [-0.2, -0.15) is 0 Å². The molecule has 1 aromatic rings. The summed E-state index contributed by atoms with van der Waals surface area (Å²) in [5, 5.41) is 19.1. The quantitative estimate of drug-likeness (QED) is 0.890. The van der Waals surface area contributed by atoms with Crippen LogP contribution in [0.15, 0.2) is 10.5 Å². The molecule has 0 amide bonds. The molecule has 104 valence electrons. The summed E-state index contributed by atoms with van der Waals surface area (Å²) in [6.45, 7) is 2.62. The number of hydrogen-bond donors (Lipinski definition) is 2. The standard InChI is InChI=1S/C13H15BrO5/c1-7(13(16)17)5-8-11(15)9(14)6-10-12(8)19-4-2-3-18-10/h6-7,15H,2-5H2,1H3,(H,16,17). The fraction of sp³-hybridized carbons (Fsp3) is 0.462. The fourth-order valence-electron chi connectivity index (χ4n) is 1.91. The van der Waals surface area contributed by atoms with E-state index in [9.17, 15) is 9.90 Å². The summed E-state index contributed by atoms with van der Waals surface area (Å²) in [4.78, 5) is 11.0. The molecule has 0 saturated carbocycles. The molecule has 1 aliphatic heterocycles. The van der Waals surface area contributed by atoms with Crippen molar-refractivity contribution in [2.75, 3.05) is 13.2 Å². The number of rotatable bonds is 3. The second-order valence-electron chi connectivity index (χ2n) is 4.51. The van der Waals surface area contributed by atoms with Crippen LogP contribution in [-0.2, 0) is 11.2 Å². The maximum Gasteiger partial charge on any atom is 0.306 e. The zero-order chi connectivity index (χ0) is 14.0. The van der Waals surface area contributed by atoms with E-state index in [1.807, 2.05) is 0 Å². The second kappa shape index (κ2) is 5.69. The van der Waals surface area contributed by atoms with Crippen LogP contribution in [0.4, 0.5) is 0 Å². The van der Waals surface area contributed by atoms with Gasteiger partial charge in [0.1, 0.15) is 5.75 Å². The summed E-state index contributed by atoms with van der Waals surface area (Å²) < 4.78 is 11.6. The topological polar surface area (TPSA) is 76.0 Å². The number of halogens is 1. The number of aliphatic carboxylic acids is 1. The van der Waals surface area contributed by atoms with Crippen LogP contribution in [0.5, 0.6) is 17.2 Å². The first-order chi connectivity index (χ1) is 9.00. The number of phenols is 1. The van der Waals surface area contributed by atoms with Crippen molar-refractivity contribution in [1.29, 1.82) is 0 Å². The molecule has 1 aromatic carbocycles. The van der Waals surface area contributed by atoms with Crippen molar-refractivity contribution in [2.24, 2.45) is 5.92 Å². The van der Waals surface area contributed by atoms with E-state index in [0.29, 0.717) is 34.7 Å². The molecule has 2 rings (SSSR count). The van der Waals surface area contributed by atoms with Crippen molar-refractivity contribution in [3.8, 4) is 17.2 Å². The van der Waals surface area contributed by atoms with Crippen molar-refractivity contribution in [3.63, 3.8) is 0 Å². The van der Waals surface area contributed by atoms with Crippen LogP contribution in [0.3, 0.4) is 0 Å². The van der Waals surface area contributed by atoms with E-state index in [1.165, 1.54) is 0 Å². The molecule has 1 heterocycles. The van der Waals surface area contributed by atoms with E-state index < -0.39 is 11.9 Å². The Bertz CT molecular complexity index is 500. The van der Waals surface area contributed by atoms with E-state index in [4.69, 9.17) is 14.6 Å². The Labute approximate surface area is 119 Å². The minimum Gasteiger partial charge on any atom is -0.506 e. The first kappa shape index (κ1) is 14.0. The largest absolute Gasteiger partial charge is 0.506 e. The lowest BCUT2D eigenvalue weighted by molar-refractivity contribution is -0.141. The van der Waals surface area contributed by atoms with Crippen LogP contribution in [0.25, 0.3) is 0 Å². The lowest BCUT2D eigenvalue weighted by Crippen LogP contribution is -2.13. The summed E-state index contributed by atoms with van der Waals surface area (Å²) >= 11 is 3.24. The normalized spacial score (nSPS) is 15.7. The van der Waals surface area contributed by atoms with Gasteiger partial charge in [-0.3, -0.25) is 4.79 Å². The van der Waals surface area contributed by atoms with Crippen molar-refractivity contribution < 1.29 is 24.5 Å². The Morgan fingerprint density at radius 2 is 2.16 bits per heavy atom. The van der Waals surface area contributed by atoms with Gasteiger partial charge in [0.25, 0.3) is 0 Å². The summed E-state index contributed by atoms with van der Waals surface area (Å²) in [7, 11) is 0. The molecule has 0 bridgehead atoms. The number of aromatic hydroxyl groups is 1. The lowest BCUT2D eigenvalue weighted by Gasteiger charge is -2.16. The van der Waals surface area contributed by atoms with Gasteiger partial charge in [-0.05, 0) is 22.4 Å². The van der Waals surface area contributed by atoms with Crippen molar-refractivity contribution in [3.05, 3.63) is 16.1 Å². The number of hydrogen-bond acceptors (Lipinski definition) is 4. The monoisotopic (exact) mass is 330 g/mol. The Morgan fingerprint density at radius 3 is 2.84 bits per heavy atom. The molecule has 1 unspecified atom stereocenters. The van der Waals surface area contributed by atoms with E-state index in [-0.39, 0.29) is 12.2 Å². The highest BCUT2D eigenvalue weighted by atomic mass is 79.9. The van der Waals surface area contributed by atoms with Gasteiger partial charge in [-0.1, -0.05) is 6.92 Å². The number of carboxylic acids is 1. The van der Waals surface area contributed by atoms with Gasteiger partial charge in [0.05, 0.1) is 23.6 Å². The van der Waals surface area contributed by atoms with Gasteiger partial charge < -0.3 is 19.7 Å². The first-order valence-electron chi connectivity index (χ1n) is 6.03. The van der Waals surface area contributed by atoms with E-state index >= 15 is 0 Å². The number of phenolic OH excluding ortho intramolecular Hbond substituents is 1. The number of benzene rings is 1. The van der Waals surface area contributed by atoms with Gasteiger partial charge in [0.2, 0.25) is 0 Å². The third-order valence-electron chi connectivity index (χ3n) is 2.99. The summed E-state index contributed by atoms with van der Waals surface area (Å²) in [5.41, 5.74) is 0.473. The molecule has 0 radical (unpaired) electrons. The zero-order valence-corrected chi connectivity index (χ0v) is 12.1. The molecular formula is C13H15BrO5. The third kappa shape index (κ3) is 2.94. The van der Waals surface area contributed by atoms with Gasteiger partial charge >= 0.3 is 5.97 Å². The Morgan fingerprint density at radius 1 is 1.47 bits per heavy atom. The Hall–Kier alpha value is -1.43. The maximum atomic E-state index is 11.0. The van der Waals surface area contributed by atoms with Crippen LogP contribution in [-0.4, -0.2) is 29.4 Å². The van der Waals surface area contributed by atoms with Crippen molar-refractivity contribution in [1.82, 2.24) is 0 Å². The minimum atomic E-state index is -0.914. The van der Waals surface area contributed by atoms with Crippen molar-refractivity contribution in [2.45, 2.75) is 19.8 Å². The molecule has 0 aliphatic carbocycles. The molecule has 2 N–H and O–H groups in total. The molecule has 0 spiro atoms. The first-order valence-corrected chi connectivity index (χ1v) is 6.82. The predicted molar refractivity (Wildman–Crippen MR) is 71.9 cm³/mol. The summed E-state index contributed by atoms with van der Waals surface area (Å²) in [5.74, 6) is -0.530. The smallest absolute Gasteiger partial charge is 0.306 e. The number of carbonyl (C=O) groups is 1. The molecule has 0 saturated heterocycles. The average Bonchev–Trinajstić information content (AvgIpc) is 2.59. The molecule has 1 aliphatic rings. The molecule has 6 heteroatoms. The molecule has 0 fully saturated rings. The molecule has 5 nitrogen and oxygen atoms in total. The summed E-state index contributed by atoms with van der Waals surface area (Å²) in [6.07, 6.45) is 0.938.